The van der Waals surface area contributed by atoms with Gasteiger partial charge in [-0.2, -0.15) is 0 Å². The fraction of sp³-hybridized carbons (Fsp3) is 1.00. The molecule has 1 aliphatic rings. The Morgan fingerprint density at radius 2 is 2.44 bits per heavy atom. The van der Waals surface area contributed by atoms with Crippen LogP contribution in [0.5, 0.6) is 0 Å². The topological polar surface area (TPSA) is 23.5 Å². The summed E-state index contributed by atoms with van der Waals surface area (Å²) in [4.78, 5) is 1.73. The number of alkyl halides is 1. The summed E-state index contributed by atoms with van der Waals surface area (Å²) >= 11 is 0. The van der Waals surface area contributed by atoms with E-state index in [-0.39, 0.29) is 0 Å². The smallest absolute Gasteiger partial charge is 0.114 e. The highest BCUT2D eigenvalue weighted by atomic mass is 19.1. The molecule has 2 atom stereocenters. The van der Waals surface area contributed by atoms with E-state index in [9.17, 15) is 4.39 Å². The average molecular weight is 133 g/mol. The molecule has 1 unspecified atom stereocenters. The van der Waals surface area contributed by atoms with Gasteiger partial charge in [0.25, 0.3) is 0 Å². The molecule has 1 aliphatic heterocycles. The summed E-state index contributed by atoms with van der Waals surface area (Å²) in [7, 11) is 0. The maximum Gasteiger partial charge on any atom is 0.114 e. The Morgan fingerprint density at radius 1 is 1.78 bits per heavy atom. The number of hydrogen-bond acceptors (Lipinski definition) is 2. The predicted octanol–water partition coefficient (Wildman–Crippen LogP) is 0.368. The molecule has 0 aliphatic carbocycles. The van der Waals surface area contributed by atoms with Crippen molar-refractivity contribution >= 4 is 0 Å². The fourth-order valence-corrected chi connectivity index (χ4v) is 1.08. The third-order valence-corrected chi connectivity index (χ3v) is 1.69. The number of aliphatic hydroxyl groups is 1. The van der Waals surface area contributed by atoms with Crippen LogP contribution in [-0.4, -0.2) is 35.5 Å². The van der Waals surface area contributed by atoms with Crippen molar-refractivity contribution in [1.29, 1.82) is 0 Å². The van der Waals surface area contributed by atoms with Crippen LogP contribution in [0.15, 0.2) is 0 Å². The van der Waals surface area contributed by atoms with Crippen molar-refractivity contribution in [2.24, 2.45) is 0 Å². The summed E-state index contributed by atoms with van der Waals surface area (Å²) in [6.07, 6.45) is -0.629. The third-order valence-electron chi connectivity index (χ3n) is 1.69. The summed E-state index contributed by atoms with van der Waals surface area (Å²) in [5, 5.41) is 8.93. The zero-order valence-electron chi connectivity index (χ0n) is 5.55. The molecule has 9 heavy (non-hydrogen) atoms. The molecule has 0 bridgehead atoms. The van der Waals surface area contributed by atoms with Gasteiger partial charge in [-0.15, -0.1) is 0 Å². The van der Waals surface area contributed by atoms with Crippen molar-refractivity contribution in [3.05, 3.63) is 0 Å². The van der Waals surface area contributed by atoms with Gasteiger partial charge in [0.15, 0.2) is 0 Å². The van der Waals surface area contributed by atoms with Gasteiger partial charge >= 0.3 is 0 Å². The predicted molar refractivity (Wildman–Crippen MR) is 32.8 cm³/mol. The number of rotatable bonds is 1. The molecule has 1 rings (SSSR count). The van der Waals surface area contributed by atoms with Crippen LogP contribution in [0, 0.1) is 0 Å². The highest BCUT2D eigenvalue weighted by Crippen LogP contribution is 2.13. The summed E-state index contributed by atoms with van der Waals surface area (Å²) < 4.78 is 12.4. The highest BCUT2D eigenvalue weighted by molar-refractivity contribution is 4.74. The largest absolute Gasteiger partial charge is 0.379 e. The quantitative estimate of drug-likeness (QED) is 0.558. The van der Waals surface area contributed by atoms with Crippen LogP contribution in [0.2, 0.25) is 0 Å². The van der Waals surface area contributed by atoms with Gasteiger partial charge in [-0.1, -0.05) is 0 Å². The van der Waals surface area contributed by atoms with Gasteiger partial charge in [-0.05, 0) is 13.3 Å². The molecule has 2 nitrogen and oxygen atoms in total. The molecule has 54 valence electrons. The van der Waals surface area contributed by atoms with E-state index in [1.165, 1.54) is 0 Å². The molecule has 0 aromatic heterocycles. The van der Waals surface area contributed by atoms with Crippen LogP contribution >= 0.6 is 0 Å². The fourth-order valence-electron chi connectivity index (χ4n) is 1.08. The average Bonchev–Trinajstić information content (AvgIpc) is 2.14. The molecule has 1 N–H and O–H groups in total. The summed E-state index contributed by atoms with van der Waals surface area (Å²) in [6, 6.07) is 0. The molecule has 1 saturated heterocycles. The van der Waals surface area contributed by atoms with E-state index in [4.69, 9.17) is 5.11 Å². The zero-order chi connectivity index (χ0) is 6.85. The van der Waals surface area contributed by atoms with Crippen LogP contribution in [0.4, 0.5) is 4.39 Å². The number of aliphatic hydroxyl groups excluding tert-OH is 1. The lowest BCUT2D eigenvalue weighted by atomic mass is 10.3. The van der Waals surface area contributed by atoms with Gasteiger partial charge in [0.2, 0.25) is 0 Å². The molecular formula is C6H12FNO. The van der Waals surface area contributed by atoms with E-state index in [1.54, 1.807) is 11.8 Å². The molecule has 1 heterocycles. The molecule has 3 heteroatoms. The summed E-state index contributed by atoms with van der Waals surface area (Å²) in [5.41, 5.74) is 0. The normalized spacial score (nSPS) is 33.0. The Hall–Kier alpha value is -0.150. The van der Waals surface area contributed by atoms with Crippen molar-refractivity contribution in [2.45, 2.75) is 25.7 Å². The monoisotopic (exact) mass is 133 g/mol. The lowest BCUT2D eigenvalue weighted by Gasteiger charge is -2.17. The van der Waals surface area contributed by atoms with Gasteiger partial charge in [0.05, 0.1) is 0 Å². The minimum Gasteiger partial charge on any atom is -0.379 e. The van der Waals surface area contributed by atoms with E-state index in [2.05, 4.69) is 0 Å². The van der Waals surface area contributed by atoms with Crippen LogP contribution in [0.25, 0.3) is 0 Å². The van der Waals surface area contributed by atoms with Crippen molar-refractivity contribution in [3.8, 4) is 0 Å². The lowest BCUT2D eigenvalue weighted by Crippen LogP contribution is -2.30. The van der Waals surface area contributed by atoms with Gasteiger partial charge < -0.3 is 5.11 Å². The number of hydrogen-bond donors (Lipinski definition) is 1. The Morgan fingerprint density at radius 3 is 2.67 bits per heavy atom. The number of halogens is 1. The number of likely N-dealkylation sites (tertiary alicyclic amines) is 1. The first-order valence-corrected chi connectivity index (χ1v) is 3.26. The lowest BCUT2D eigenvalue weighted by molar-refractivity contribution is 0.0325. The maximum atomic E-state index is 12.4. The molecule has 0 amide bonds. The second kappa shape index (κ2) is 2.62. The van der Waals surface area contributed by atoms with E-state index in [1.807, 2.05) is 0 Å². The molecule has 1 fully saturated rings. The van der Waals surface area contributed by atoms with Gasteiger partial charge in [-0.25, -0.2) is 4.39 Å². The highest BCUT2D eigenvalue weighted by Gasteiger charge is 2.23. The van der Waals surface area contributed by atoms with Crippen molar-refractivity contribution in [1.82, 2.24) is 4.90 Å². The maximum absolute atomic E-state index is 12.4. The Balaban J connectivity index is 2.30. The first-order chi connectivity index (χ1) is 4.20. The summed E-state index contributed by atoms with van der Waals surface area (Å²) in [6.45, 7) is 2.76. The second-order valence-corrected chi connectivity index (χ2v) is 2.51. The van der Waals surface area contributed by atoms with Gasteiger partial charge in [0, 0.05) is 13.1 Å². The molecule has 0 aromatic carbocycles. The molecule has 0 radical (unpaired) electrons. The van der Waals surface area contributed by atoms with E-state index in [0.717, 1.165) is 0 Å². The minimum atomic E-state index is -0.723. The van der Waals surface area contributed by atoms with Crippen LogP contribution in [0.3, 0.4) is 0 Å². The second-order valence-electron chi connectivity index (χ2n) is 2.51. The SMILES string of the molecule is CC(O)N1CC[C@H](F)C1. The first-order valence-electron chi connectivity index (χ1n) is 3.26. The molecular weight excluding hydrogens is 121 g/mol. The van der Waals surface area contributed by atoms with Gasteiger partial charge in [-0.3, -0.25) is 4.90 Å². The standard InChI is InChI=1S/C6H12FNO/c1-5(9)8-3-2-6(7)4-8/h5-6,9H,2-4H2,1H3/t5?,6-/m0/s1. The van der Waals surface area contributed by atoms with Gasteiger partial charge in [0.1, 0.15) is 12.4 Å². The van der Waals surface area contributed by atoms with E-state index < -0.39 is 12.4 Å². The Labute approximate surface area is 54.3 Å². The molecule has 0 spiro atoms. The third kappa shape index (κ3) is 1.63. The van der Waals surface area contributed by atoms with Crippen molar-refractivity contribution in [3.63, 3.8) is 0 Å². The van der Waals surface area contributed by atoms with E-state index in [0.29, 0.717) is 19.5 Å². The van der Waals surface area contributed by atoms with Crippen molar-refractivity contribution < 1.29 is 9.50 Å². The molecule has 0 saturated carbocycles. The van der Waals surface area contributed by atoms with Crippen molar-refractivity contribution in [2.75, 3.05) is 13.1 Å². The van der Waals surface area contributed by atoms with E-state index >= 15 is 0 Å². The Bertz CT molecular complexity index is 97.1. The summed E-state index contributed by atoms with van der Waals surface area (Å²) in [5.74, 6) is 0. The minimum absolute atomic E-state index is 0.400. The van der Waals surface area contributed by atoms with Crippen LogP contribution in [0.1, 0.15) is 13.3 Å². The van der Waals surface area contributed by atoms with Crippen LogP contribution < -0.4 is 0 Å². The molecule has 0 aromatic rings. The number of nitrogens with zero attached hydrogens (tertiary/aromatic N) is 1. The Kier molecular flexibility index (Phi) is 2.03. The first kappa shape index (κ1) is 6.96. The van der Waals surface area contributed by atoms with Crippen LogP contribution in [-0.2, 0) is 0 Å². The zero-order valence-corrected chi connectivity index (χ0v) is 5.55.